The summed E-state index contributed by atoms with van der Waals surface area (Å²) in [5.41, 5.74) is 6.04. The number of benzene rings is 1. The predicted molar refractivity (Wildman–Crippen MR) is 64.9 cm³/mol. The van der Waals surface area contributed by atoms with Crippen molar-refractivity contribution in [1.82, 2.24) is 10.2 Å². The van der Waals surface area contributed by atoms with Crippen LogP contribution in [0.4, 0.5) is 4.39 Å². The average Bonchev–Trinajstić information content (AvgIpc) is 2.28. The van der Waals surface area contributed by atoms with Crippen LogP contribution in [0.15, 0.2) is 24.3 Å². The first-order chi connectivity index (χ1) is 8.04. The molecule has 0 fully saturated rings. The van der Waals surface area contributed by atoms with Crippen molar-refractivity contribution >= 4 is 5.91 Å². The first-order valence-electron chi connectivity index (χ1n) is 5.43. The van der Waals surface area contributed by atoms with E-state index in [0.29, 0.717) is 6.54 Å². The Morgan fingerprint density at radius 1 is 1.53 bits per heavy atom. The number of carbonyl (C=O) groups excluding carboxylic acids is 1. The first-order valence-corrected chi connectivity index (χ1v) is 5.43. The smallest absolute Gasteiger partial charge is 0.233 e. The lowest BCUT2D eigenvalue weighted by Crippen LogP contribution is -2.37. The molecule has 0 saturated carbocycles. The molecule has 4 nitrogen and oxygen atoms in total. The zero-order valence-electron chi connectivity index (χ0n) is 10.1. The Hall–Kier alpha value is -1.46. The minimum atomic E-state index is -0.278. The highest BCUT2D eigenvalue weighted by atomic mass is 19.1. The minimum Gasteiger partial charge on any atom is -0.353 e. The van der Waals surface area contributed by atoms with Gasteiger partial charge in [-0.05, 0) is 31.8 Å². The molecule has 0 radical (unpaired) electrons. The zero-order valence-corrected chi connectivity index (χ0v) is 10.1. The molecule has 0 aliphatic heterocycles. The topological polar surface area (TPSA) is 58.4 Å². The molecule has 94 valence electrons. The number of amides is 1. The van der Waals surface area contributed by atoms with Crippen LogP contribution in [0.3, 0.4) is 0 Å². The van der Waals surface area contributed by atoms with Gasteiger partial charge in [0.05, 0.1) is 12.6 Å². The molecule has 1 rings (SSSR count). The van der Waals surface area contributed by atoms with E-state index in [9.17, 15) is 9.18 Å². The van der Waals surface area contributed by atoms with Crippen LogP contribution < -0.4 is 11.1 Å². The van der Waals surface area contributed by atoms with E-state index in [1.54, 1.807) is 6.07 Å². The molecule has 0 saturated heterocycles. The summed E-state index contributed by atoms with van der Waals surface area (Å²) in [5.74, 6) is -0.493. The summed E-state index contributed by atoms with van der Waals surface area (Å²) in [7, 11) is 3.76. The van der Waals surface area contributed by atoms with Gasteiger partial charge in [0.2, 0.25) is 5.91 Å². The molecule has 3 N–H and O–H groups in total. The van der Waals surface area contributed by atoms with Gasteiger partial charge in [-0.1, -0.05) is 12.1 Å². The number of hydrogen-bond acceptors (Lipinski definition) is 3. The molecular formula is C12H18FN3O. The lowest BCUT2D eigenvalue weighted by Gasteiger charge is -2.25. The van der Waals surface area contributed by atoms with Crippen LogP contribution in [0.25, 0.3) is 0 Å². The van der Waals surface area contributed by atoms with E-state index in [4.69, 9.17) is 5.73 Å². The molecule has 0 heterocycles. The van der Waals surface area contributed by atoms with E-state index in [1.807, 2.05) is 25.1 Å². The summed E-state index contributed by atoms with van der Waals surface area (Å²) in [6.07, 6.45) is 0. The second-order valence-electron chi connectivity index (χ2n) is 4.04. The average molecular weight is 239 g/mol. The molecule has 0 bridgehead atoms. The highest BCUT2D eigenvalue weighted by Crippen LogP contribution is 2.18. The normalized spacial score (nSPS) is 12.5. The van der Waals surface area contributed by atoms with Crippen LogP contribution in [0.1, 0.15) is 11.6 Å². The Morgan fingerprint density at radius 3 is 2.76 bits per heavy atom. The first kappa shape index (κ1) is 13.6. The molecule has 0 aliphatic carbocycles. The number of nitrogens with zero attached hydrogens (tertiary/aromatic N) is 1. The van der Waals surface area contributed by atoms with Gasteiger partial charge in [0, 0.05) is 6.54 Å². The van der Waals surface area contributed by atoms with E-state index in [2.05, 4.69) is 5.32 Å². The largest absolute Gasteiger partial charge is 0.353 e. The second-order valence-corrected chi connectivity index (χ2v) is 4.04. The van der Waals surface area contributed by atoms with Crippen molar-refractivity contribution in [3.05, 3.63) is 35.6 Å². The lowest BCUT2D eigenvalue weighted by molar-refractivity contribution is -0.119. The summed E-state index contributed by atoms with van der Waals surface area (Å²) in [4.78, 5) is 13.0. The molecule has 5 heteroatoms. The Balaban J connectivity index is 2.75. The predicted octanol–water partition coefficient (Wildman–Crippen LogP) is 0.503. The molecular weight excluding hydrogens is 221 g/mol. The molecule has 0 aliphatic rings. The summed E-state index contributed by atoms with van der Waals surface area (Å²) in [5, 5.41) is 2.70. The molecule has 1 amide bonds. The van der Waals surface area contributed by atoms with Crippen molar-refractivity contribution in [2.75, 3.05) is 27.2 Å². The molecule has 1 unspecified atom stereocenters. The van der Waals surface area contributed by atoms with Gasteiger partial charge in [-0.25, -0.2) is 4.39 Å². The third-order valence-electron chi connectivity index (χ3n) is 2.53. The highest BCUT2D eigenvalue weighted by molar-refractivity contribution is 5.77. The quantitative estimate of drug-likeness (QED) is 0.787. The van der Waals surface area contributed by atoms with E-state index < -0.39 is 0 Å². The molecule has 0 spiro atoms. The van der Waals surface area contributed by atoms with Gasteiger partial charge in [-0.15, -0.1) is 0 Å². The molecule has 1 aromatic carbocycles. The fourth-order valence-corrected chi connectivity index (χ4v) is 1.60. The summed E-state index contributed by atoms with van der Waals surface area (Å²) >= 11 is 0. The molecule has 1 aromatic rings. The van der Waals surface area contributed by atoms with Gasteiger partial charge in [0.15, 0.2) is 0 Å². The van der Waals surface area contributed by atoms with E-state index in [-0.39, 0.29) is 24.3 Å². The van der Waals surface area contributed by atoms with Gasteiger partial charge in [0.1, 0.15) is 5.82 Å². The van der Waals surface area contributed by atoms with E-state index >= 15 is 0 Å². The van der Waals surface area contributed by atoms with Crippen LogP contribution >= 0.6 is 0 Å². The maximum atomic E-state index is 13.1. The Labute approximate surface area is 101 Å². The van der Waals surface area contributed by atoms with Gasteiger partial charge < -0.3 is 16.0 Å². The minimum absolute atomic E-state index is 0.0384. The number of likely N-dealkylation sites (N-methyl/N-ethyl adjacent to an activating group) is 1. The standard InChI is InChI=1S/C12H18FN3O/c1-16(2)11(8-15-12(17)7-14)9-4-3-5-10(13)6-9/h3-6,11H,7-8,14H2,1-2H3,(H,15,17). The SMILES string of the molecule is CN(C)C(CNC(=O)CN)c1cccc(F)c1. The molecule has 1 atom stereocenters. The maximum absolute atomic E-state index is 13.1. The van der Waals surface area contributed by atoms with Crippen LogP contribution in [0.2, 0.25) is 0 Å². The van der Waals surface area contributed by atoms with Crippen LogP contribution in [0.5, 0.6) is 0 Å². The second kappa shape index (κ2) is 6.32. The third-order valence-corrected chi connectivity index (χ3v) is 2.53. The number of nitrogens with one attached hydrogen (secondary N) is 1. The third kappa shape index (κ3) is 4.13. The summed E-state index contributed by atoms with van der Waals surface area (Å²) < 4.78 is 13.1. The van der Waals surface area contributed by atoms with Crippen LogP contribution in [-0.4, -0.2) is 38.0 Å². The van der Waals surface area contributed by atoms with Gasteiger partial charge >= 0.3 is 0 Å². The van der Waals surface area contributed by atoms with Crippen molar-refractivity contribution in [3.63, 3.8) is 0 Å². The van der Waals surface area contributed by atoms with Crippen molar-refractivity contribution < 1.29 is 9.18 Å². The zero-order chi connectivity index (χ0) is 12.8. The Kier molecular flexibility index (Phi) is 5.06. The highest BCUT2D eigenvalue weighted by Gasteiger charge is 2.15. The maximum Gasteiger partial charge on any atom is 0.233 e. The van der Waals surface area contributed by atoms with E-state index in [0.717, 1.165) is 5.56 Å². The van der Waals surface area contributed by atoms with E-state index in [1.165, 1.54) is 12.1 Å². The number of halogens is 1. The van der Waals surface area contributed by atoms with Crippen molar-refractivity contribution in [3.8, 4) is 0 Å². The van der Waals surface area contributed by atoms with Gasteiger partial charge in [-0.3, -0.25) is 4.79 Å². The fourth-order valence-electron chi connectivity index (χ4n) is 1.60. The Bertz CT molecular complexity index is 382. The monoisotopic (exact) mass is 239 g/mol. The summed E-state index contributed by atoms with van der Waals surface area (Å²) in [6, 6.07) is 6.29. The fraction of sp³-hybridized carbons (Fsp3) is 0.417. The van der Waals surface area contributed by atoms with Crippen molar-refractivity contribution in [2.24, 2.45) is 5.73 Å². The van der Waals surface area contributed by atoms with Crippen molar-refractivity contribution in [2.45, 2.75) is 6.04 Å². The van der Waals surface area contributed by atoms with Crippen molar-refractivity contribution in [1.29, 1.82) is 0 Å². The van der Waals surface area contributed by atoms with Crippen LogP contribution in [0, 0.1) is 5.82 Å². The molecule has 17 heavy (non-hydrogen) atoms. The number of rotatable bonds is 5. The number of carbonyl (C=O) groups is 1. The van der Waals surface area contributed by atoms with Gasteiger partial charge in [-0.2, -0.15) is 0 Å². The summed E-state index contributed by atoms with van der Waals surface area (Å²) in [6.45, 7) is 0.371. The lowest BCUT2D eigenvalue weighted by atomic mass is 10.1. The number of nitrogens with two attached hydrogens (primary N) is 1. The van der Waals surface area contributed by atoms with Crippen LogP contribution in [-0.2, 0) is 4.79 Å². The van der Waals surface area contributed by atoms with Gasteiger partial charge in [0.25, 0.3) is 0 Å². The number of hydrogen-bond donors (Lipinski definition) is 2. The molecule has 0 aromatic heterocycles. The Morgan fingerprint density at radius 2 is 2.24 bits per heavy atom.